The Labute approximate surface area is 194 Å². The minimum Gasteiger partial charge on any atom is -0.314 e. The number of carbonyl (C=O) groups is 1. The summed E-state index contributed by atoms with van der Waals surface area (Å²) in [5.41, 5.74) is 6.87. The molecule has 0 fully saturated rings. The van der Waals surface area contributed by atoms with Gasteiger partial charge in [-0.25, -0.2) is 10.4 Å². The number of aryl methyl sites for hydroxylation is 1. The van der Waals surface area contributed by atoms with Gasteiger partial charge in [0.25, 0.3) is 11.6 Å². The highest BCUT2D eigenvalue weighted by atomic mass is 32.2. The summed E-state index contributed by atoms with van der Waals surface area (Å²) in [4.78, 5) is 27.6. The van der Waals surface area contributed by atoms with Gasteiger partial charge in [-0.2, -0.15) is 5.10 Å². The van der Waals surface area contributed by atoms with Crippen molar-refractivity contribution in [2.45, 2.75) is 18.6 Å². The van der Waals surface area contributed by atoms with Crippen LogP contribution in [-0.2, 0) is 11.3 Å². The summed E-state index contributed by atoms with van der Waals surface area (Å²) >= 11 is 1.32. The number of nitrogens with zero attached hydrogens (tertiary/aromatic N) is 4. The lowest BCUT2D eigenvalue weighted by Crippen LogP contribution is -2.20. The van der Waals surface area contributed by atoms with Crippen LogP contribution in [0.5, 0.6) is 0 Å². The van der Waals surface area contributed by atoms with Crippen molar-refractivity contribution in [3.63, 3.8) is 0 Å². The van der Waals surface area contributed by atoms with Crippen molar-refractivity contribution in [3.8, 4) is 0 Å². The molecule has 0 radical (unpaired) electrons. The van der Waals surface area contributed by atoms with Crippen LogP contribution in [0, 0.1) is 17.0 Å². The quantitative estimate of drug-likeness (QED) is 0.180. The Bertz CT molecular complexity index is 1330. The molecular weight excluding hydrogens is 438 g/mol. The van der Waals surface area contributed by atoms with Crippen LogP contribution < -0.4 is 5.43 Å². The molecule has 1 N–H and O–H groups in total. The number of thioether (sulfide) groups is 1. The molecule has 1 aromatic heterocycles. The first-order valence-corrected chi connectivity index (χ1v) is 11.2. The summed E-state index contributed by atoms with van der Waals surface area (Å²) in [5, 5.41) is 15.7. The molecule has 0 bridgehead atoms. The summed E-state index contributed by atoms with van der Waals surface area (Å²) < 4.78 is 2.09. The number of para-hydroxylation sites is 3. The second-order valence-corrected chi connectivity index (χ2v) is 8.30. The molecule has 166 valence electrons. The number of hydrogen-bond acceptors (Lipinski definition) is 6. The first-order chi connectivity index (χ1) is 16.0. The lowest BCUT2D eigenvalue weighted by Gasteiger charge is -2.09. The standard InChI is InChI=1S/C24H21N5O3S/c1-17-10-12-18(13-11-17)15-28-22-9-5-3-7-20(22)26-24(28)33-16-23(30)27-25-14-19-6-2-4-8-21(19)29(31)32/h2-14H,15-16H2,1H3,(H,27,30)/b25-14+. The second-order valence-electron chi connectivity index (χ2n) is 7.35. The summed E-state index contributed by atoms with van der Waals surface area (Å²) in [5.74, 6) is -0.227. The van der Waals surface area contributed by atoms with Crippen LogP contribution in [0.3, 0.4) is 0 Å². The fourth-order valence-electron chi connectivity index (χ4n) is 3.29. The van der Waals surface area contributed by atoms with Crippen molar-refractivity contribution in [1.82, 2.24) is 15.0 Å². The van der Waals surface area contributed by atoms with Crippen LogP contribution in [0.1, 0.15) is 16.7 Å². The van der Waals surface area contributed by atoms with Gasteiger partial charge in [-0.05, 0) is 30.7 Å². The number of hydrogen-bond donors (Lipinski definition) is 1. The van der Waals surface area contributed by atoms with Gasteiger partial charge in [0.1, 0.15) is 0 Å². The summed E-state index contributed by atoms with van der Waals surface area (Å²) in [7, 11) is 0. The number of nitrogens with one attached hydrogen (secondary N) is 1. The molecule has 9 heteroatoms. The van der Waals surface area contributed by atoms with Gasteiger partial charge < -0.3 is 4.57 Å². The average molecular weight is 460 g/mol. The maximum Gasteiger partial charge on any atom is 0.278 e. The molecule has 0 spiro atoms. The first kappa shape index (κ1) is 22.2. The van der Waals surface area contributed by atoms with Crippen molar-refractivity contribution in [2.75, 3.05) is 5.75 Å². The Morgan fingerprint density at radius 3 is 2.64 bits per heavy atom. The van der Waals surface area contributed by atoms with Gasteiger partial charge >= 0.3 is 0 Å². The Balaban J connectivity index is 1.45. The van der Waals surface area contributed by atoms with Gasteiger partial charge in [0.15, 0.2) is 5.16 Å². The SMILES string of the molecule is Cc1ccc(Cn2c(SCC(=O)N/N=C/c3ccccc3[N+](=O)[O-])nc3ccccc32)cc1. The molecule has 0 unspecified atom stereocenters. The van der Waals surface area contributed by atoms with Crippen LogP contribution in [0.15, 0.2) is 83.1 Å². The van der Waals surface area contributed by atoms with Crippen LogP contribution in [0.4, 0.5) is 5.69 Å². The normalized spacial score (nSPS) is 11.2. The number of carbonyl (C=O) groups excluding carboxylic acids is 1. The van der Waals surface area contributed by atoms with Crippen molar-refractivity contribution >= 4 is 40.6 Å². The van der Waals surface area contributed by atoms with Crippen molar-refractivity contribution in [2.24, 2.45) is 5.10 Å². The lowest BCUT2D eigenvalue weighted by atomic mass is 10.1. The number of imidazole rings is 1. The van der Waals surface area contributed by atoms with Gasteiger partial charge in [0.2, 0.25) is 0 Å². The van der Waals surface area contributed by atoms with E-state index in [4.69, 9.17) is 0 Å². The summed E-state index contributed by atoms with van der Waals surface area (Å²) in [6.45, 7) is 2.69. The van der Waals surface area contributed by atoms with E-state index in [-0.39, 0.29) is 17.3 Å². The third-order valence-corrected chi connectivity index (χ3v) is 5.92. The molecule has 4 rings (SSSR count). The van der Waals surface area contributed by atoms with E-state index in [1.54, 1.807) is 18.2 Å². The molecule has 0 aliphatic carbocycles. The van der Waals surface area contributed by atoms with Crippen LogP contribution in [0.2, 0.25) is 0 Å². The number of rotatable bonds is 8. The summed E-state index contributed by atoms with van der Waals surface area (Å²) in [6, 6.07) is 22.4. The molecule has 0 aliphatic rings. The number of fused-ring (bicyclic) bond motifs is 1. The van der Waals surface area contributed by atoms with Crippen LogP contribution in [-0.4, -0.2) is 32.3 Å². The van der Waals surface area contributed by atoms with E-state index < -0.39 is 4.92 Å². The molecule has 1 heterocycles. The summed E-state index contributed by atoms with van der Waals surface area (Å²) in [6.07, 6.45) is 1.27. The predicted octanol–water partition coefficient (Wildman–Crippen LogP) is 4.54. The molecule has 8 nitrogen and oxygen atoms in total. The highest BCUT2D eigenvalue weighted by Crippen LogP contribution is 2.25. The predicted molar refractivity (Wildman–Crippen MR) is 130 cm³/mol. The Hall–Kier alpha value is -3.98. The third kappa shape index (κ3) is 5.45. The number of amides is 1. The number of nitro groups is 1. The topological polar surface area (TPSA) is 102 Å². The van der Waals surface area contributed by atoms with E-state index in [1.807, 2.05) is 24.3 Å². The zero-order chi connectivity index (χ0) is 23.2. The molecule has 0 atom stereocenters. The molecule has 0 aliphatic heterocycles. The Morgan fingerprint density at radius 2 is 1.85 bits per heavy atom. The van der Waals surface area contributed by atoms with E-state index in [2.05, 4.69) is 51.3 Å². The largest absolute Gasteiger partial charge is 0.314 e. The van der Waals surface area contributed by atoms with Crippen molar-refractivity contribution in [3.05, 3.63) is 99.6 Å². The number of nitro benzene ring substituents is 1. The molecule has 33 heavy (non-hydrogen) atoms. The minimum absolute atomic E-state index is 0.0744. The van der Waals surface area contributed by atoms with Crippen LogP contribution >= 0.6 is 11.8 Å². The van der Waals surface area contributed by atoms with E-state index in [0.717, 1.165) is 21.8 Å². The second kappa shape index (κ2) is 10.1. The van der Waals surface area contributed by atoms with Crippen molar-refractivity contribution in [1.29, 1.82) is 0 Å². The number of benzene rings is 3. The zero-order valence-corrected chi connectivity index (χ0v) is 18.7. The third-order valence-electron chi connectivity index (χ3n) is 4.94. The number of hydrazone groups is 1. The molecule has 4 aromatic rings. The molecule has 1 amide bonds. The van der Waals surface area contributed by atoms with Gasteiger partial charge in [-0.3, -0.25) is 14.9 Å². The molecular formula is C24H21N5O3S. The molecule has 0 saturated heterocycles. The van der Waals surface area contributed by atoms with Gasteiger partial charge in [0, 0.05) is 6.07 Å². The Kier molecular flexibility index (Phi) is 6.80. The first-order valence-electron chi connectivity index (χ1n) is 10.2. The average Bonchev–Trinajstić information content (AvgIpc) is 3.16. The zero-order valence-electron chi connectivity index (χ0n) is 17.8. The van der Waals surface area contributed by atoms with Crippen molar-refractivity contribution < 1.29 is 9.72 Å². The molecule has 3 aromatic carbocycles. The maximum atomic E-state index is 12.3. The van der Waals surface area contributed by atoms with E-state index in [0.29, 0.717) is 12.1 Å². The van der Waals surface area contributed by atoms with Gasteiger partial charge in [0.05, 0.1) is 40.0 Å². The van der Waals surface area contributed by atoms with E-state index in [9.17, 15) is 14.9 Å². The maximum absolute atomic E-state index is 12.3. The Morgan fingerprint density at radius 1 is 1.12 bits per heavy atom. The number of aromatic nitrogens is 2. The van der Waals surface area contributed by atoms with Crippen LogP contribution in [0.25, 0.3) is 11.0 Å². The minimum atomic E-state index is -0.489. The van der Waals surface area contributed by atoms with E-state index >= 15 is 0 Å². The van der Waals surface area contributed by atoms with Gasteiger partial charge in [-0.1, -0.05) is 65.9 Å². The lowest BCUT2D eigenvalue weighted by molar-refractivity contribution is -0.385. The van der Waals surface area contributed by atoms with E-state index in [1.165, 1.54) is 29.6 Å². The highest BCUT2D eigenvalue weighted by Gasteiger charge is 2.14. The fourth-order valence-corrected chi connectivity index (χ4v) is 4.10. The van der Waals surface area contributed by atoms with Gasteiger partial charge in [-0.15, -0.1) is 0 Å². The highest BCUT2D eigenvalue weighted by molar-refractivity contribution is 7.99. The molecule has 0 saturated carbocycles. The monoisotopic (exact) mass is 459 g/mol. The smallest absolute Gasteiger partial charge is 0.278 e. The fraction of sp³-hybridized carbons (Fsp3) is 0.125.